The summed E-state index contributed by atoms with van der Waals surface area (Å²) in [6.45, 7) is 0.421. The molecule has 2 amide bonds. The summed E-state index contributed by atoms with van der Waals surface area (Å²) in [5.41, 5.74) is 2.52. The standard InChI is InChI=1S/C23H22N2O3/c1-25(23(27)18-12-14-19(28-2)15-13-18)21-11-7-6-10-20(21)22(26)24-16-17-8-4-3-5-9-17/h3-15H,16H2,1-2H3,(H,24,26). The summed E-state index contributed by atoms with van der Waals surface area (Å²) >= 11 is 0. The average molecular weight is 374 g/mol. The minimum atomic E-state index is -0.228. The van der Waals surface area contributed by atoms with Gasteiger partial charge in [-0.3, -0.25) is 9.59 Å². The summed E-state index contributed by atoms with van der Waals surface area (Å²) in [6.07, 6.45) is 0. The minimum Gasteiger partial charge on any atom is -0.497 e. The highest BCUT2D eigenvalue weighted by Gasteiger charge is 2.19. The number of ether oxygens (including phenoxy) is 1. The molecule has 0 heterocycles. The Bertz CT molecular complexity index is 953. The molecule has 3 aromatic rings. The van der Waals surface area contributed by atoms with E-state index in [9.17, 15) is 9.59 Å². The zero-order valence-electron chi connectivity index (χ0n) is 15.9. The van der Waals surface area contributed by atoms with Gasteiger partial charge in [0.05, 0.1) is 18.4 Å². The van der Waals surface area contributed by atoms with Crippen molar-refractivity contribution in [1.82, 2.24) is 5.32 Å². The van der Waals surface area contributed by atoms with Crippen LogP contribution in [0.5, 0.6) is 5.75 Å². The van der Waals surface area contributed by atoms with Gasteiger partial charge < -0.3 is 15.0 Å². The van der Waals surface area contributed by atoms with Gasteiger partial charge in [0.25, 0.3) is 11.8 Å². The number of rotatable bonds is 6. The van der Waals surface area contributed by atoms with E-state index in [1.807, 2.05) is 30.3 Å². The number of methoxy groups -OCH3 is 1. The molecule has 0 atom stereocenters. The van der Waals surface area contributed by atoms with Crippen LogP contribution < -0.4 is 15.0 Å². The van der Waals surface area contributed by atoms with E-state index in [4.69, 9.17) is 4.74 Å². The molecule has 0 aliphatic heterocycles. The molecule has 0 radical (unpaired) electrons. The minimum absolute atomic E-state index is 0.203. The predicted octanol–water partition coefficient (Wildman–Crippen LogP) is 3.90. The molecule has 5 nitrogen and oxygen atoms in total. The Balaban J connectivity index is 1.78. The van der Waals surface area contributed by atoms with Gasteiger partial charge in [-0.15, -0.1) is 0 Å². The summed E-state index contributed by atoms with van der Waals surface area (Å²) in [7, 11) is 3.24. The number of hydrogen-bond acceptors (Lipinski definition) is 3. The summed E-state index contributed by atoms with van der Waals surface area (Å²) in [4.78, 5) is 27.1. The monoisotopic (exact) mass is 374 g/mol. The average Bonchev–Trinajstić information content (AvgIpc) is 2.77. The second kappa shape index (κ2) is 8.86. The van der Waals surface area contributed by atoms with E-state index in [1.165, 1.54) is 4.90 Å². The molecule has 0 aliphatic rings. The third-order valence-corrected chi connectivity index (χ3v) is 4.45. The predicted molar refractivity (Wildman–Crippen MR) is 110 cm³/mol. The molecule has 1 N–H and O–H groups in total. The van der Waals surface area contributed by atoms with Gasteiger partial charge in [-0.1, -0.05) is 42.5 Å². The Hall–Kier alpha value is -3.60. The summed E-state index contributed by atoms with van der Waals surface area (Å²) in [6, 6.07) is 23.6. The topological polar surface area (TPSA) is 58.6 Å². The van der Waals surface area contributed by atoms with Crippen molar-refractivity contribution in [2.75, 3.05) is 19.1 Å². The third-order valence-electron chi connectivity index (χ3n) is 4.45. The first-order chi connectivity index (χ1) is 13.6. The van der Waals surface area contributed by atoms with Crippen LogP contribution >= 0.6 is 0 Å². The van der Waals surface area contributed by atoms with Crippen LogP contribution in [-0.2, 0) is 6.54 Å². The van der Waals surface area contributed by atoms with Crippen LogP contribution in [0.3, 0.4) is 0 Å². The Morgan fingerprint density at radius 1 is 0.893 bits per heavy atom. The van der Waals surface area contributed by atoms with Crippen molar-refractivity contribution in [3.63, 3.8) is 0 Å². The molecule has 142 valence electrons. The zero-order valence-corrected chi connectivity index (χ0v) is 15.9. The van der Waals surface area contributed by atoms with Crippen molar-refractivity contribution >= 4 is 17.5 Å². The lowest BCUT2D eigenvalue weighted by molar-refractivity contribution is 0.0951. The number of carbonyl (C=O) groups excluding carboxylic acids is 2. The van der Waals surface area contributed by atoms with Crippen LogP contribution in [0.4, 0.5) is 5.69 Å². The van der Waals surface area contributed by atoms with Gasteiger partial charge in [0, 0.05) is 19.2 Å². The largest absolute Gasteiger partial charge is 0.497 e. The fourth-order valence-electron chi connectivity index (χ4n) is 2.87. The number of nitrogens with one attached hydrogen (secondary N) is 1. The van der Waals surface area contributed by atoms with E-state index in [0.29, 0.717) is 29.1 Å². The lowest BCUT2D eigenvalue weighted by atomic mass is 10.1. The Morgan fingerprint density at radius 3 is 2.21 bits per heavy atom. The van der Waals surface area contributed by atoms with Crippen LogP contribution in [0, 0.1) is 0 Å². The summed E-state index contributed by atoms with van der Waals surface area (Å²) in [5.74, 6) is 0.250. The van der Waals surface area contributed by atoms with Crippen LogP contribution in [0.15, 0.2) is 78.9 Å². The molecule has 3 aromatic carbocycles. The van der Waals surface area contributed by atoms with Crippen LogP contribution in [0.25, 0.3) is 0 Å². The lowest BCUT2D eigenvalue weighted by Gasteiger charge is -2.20. The quantitative estimate of drug-likeness (QED) is 0.712. The fraction of sp³-hybridized carbons (Fsp3) is 0.130. The number of anilines is 1. The number of hydrogen-bond donors (Lipinski definition) is 1. The van der Waals surface area contributed by atoms with Gasteiger partial charge in [0.15, 0.2) is 0 Å². The van der Waals surface area contributed by atoms with E-state index in [1.54, 1.807) is 62.7 Å². The van der Waals surface area contributed by atoms with Gasteiger partial charge >= 0.3 is 0 Å². The van der Waals surface area contributed by atoms with E-state index < -0.39 is 0 Å². The van der Waals surface area contributed by atoms with E-state index >= 15 is 0 Å². The Labute approximate surface area is 164 Å². The normalized spacial score (nSPS) is 10.2. The maximum Gasteiger partial charge on any atom is 0.258 e. The number of para-hydroxylation sites is 1. The Morgan fingerprint density at radius 2 is 1.54 bits per heavy atom. The smallest absolute Gasteiger partial charge is 0.258 e. The summed E-state index contributed by atoms with van der Waals surface area (Å²) in [5, 5.41) is 2.91. The second-order valence-corrected chi connectivity index (χ2v) is 6.28. The number of benzene rings is 3. The van der Waals surface area contributed by atoms with Crippen LogP contribution in [0.1, 0.15) is 26.3 Å². The fourth-order valence-corrected chi connectivity index (χ4v) is 2.87. The highest BCUT2D eigenvalue weighted by atomic mass is 16.5. The summed E-state index contributed by atoms with van der Waals surface area (Å²) < 4.78 is 5.13. The van der Waals surface area contributed by atoms with Gasteiger partial charge in [-0.25, -0.2) is 0 Å². The molecule has 0 fully saturated rings. The molecule has 0 saturated carbocycles. The lowest BCUT2D eigenvalue weighted by Crippen LogP contribution is -2.30. The van der Waals surface area contributed by atoms with Crippen LogP contribution in [-0.4, -0.2) is 26.0 Å². The molecule has 0 bridgehead atoms. The van der Waals surface area contributed by atoms with Crippen molar-refractivity contribution in [3.8, 4) is 5.75 Å². The van der Waals surface area contributed by atoms with Gasteiger partial charge in [0.1, 0.15) is 5.75 Å². The molecule has 28 heavy (non-hydrogen) atoms. The molecular formula is C23H22N2O3. The second-order valence-electron chi connectivity index (χ2n) is 6.28. The van der Waals surface area contributed by atoms with Crippen molar-refractivity contribution in [3.05, 3.63) is 95.6 Å². The number of nitrogens with zero attached hydrogens (tertiary/aromatic N) is 1. The maximum absolute atomic E-state index is 12.9. The van der Waals surface area contributed by atoms with Crippen molar-refractivity contribution in [2.24, 2.45) is 0 Å². The molecular weight excluding hydrogens is 352 g/mol. The first-order valence-corrected chi connectivity index (χ1v) is 8.93. The highest BCUT2D eigenvalue weighted by Crippen LogP contribution is 2.22. The SMILES string of the molecule is COc1ccc(C(=O)N(C)c2ccccc2C(=O)NCc2ccccc2)cc1. The highest BCUT2D eigenvalue weighted by molar-refractivity contribution is 6.10. The van der Waals surface area contributed by atoms with Gasteiger partial charge in [-0.2, -0.15) is 0 Å². The molecule has 0 spiro atoms. The molecule has 0 aliphatic carbocycles. The molecule has 0 unspecified atom stereocenters. The number of carbonyl (C=O) groups is 2. The van der Waals surface area contributed by atoms with Crippen LogP contribution in [0.2, 0.25) is 0 Å². The molecule has 0 aromatic heterocycles. The van der Waals surface area contributed by atoms with E-state index in [-0.39, 0.29) is 11.8 Å². The van der Waals surface area contributed by atoms with Gasteiger partial charge in [0.2, 0.25) is 0 Å². The van der Waals surface area contributed by atoms with Crippen molar-refractivity contribution in [1.29, 1.82) is 0 Å². The van der Waals surface area contributed by atoms with E-state index in [2.05, 4.69) is 5.32 Å². The molecule has 3 rings (SSSR count). The van der Waals surface area contributed by atoms with Crippen molar-refractivity contribution < 1.29 is 14.3 Å². The maximum atomic E-state index is 12.9. The number of amides is 2. The van der Waals surface area contributed by atoms with Gasteiger partial charge in [-0.05, 0) is 42.0 Å². The Kier molecular flexibility index (Phi) is 6.07. The van der Waals surface area contributed by atoms with Crippen molar-refractivity contribution in [2.45, 2.75) is 6.54 Å². The first-order valence-electron chi connectivity index (χ1n) is 8.93. The third kappa shape index (κ3) is 4.38. The molecule has 0 saturated heterocycles. The van der Waals surface area contributed by atoms with E-state index in [0.717, 1.165) is 5.56 Å². The first kappa shape index (κ1) is 19.2. The zero-order chi connectivity index (χ0) is 19.9. The molecule has 5 heteroatoms.